The van der Waals surface area contributed by atoms with Crippen LogP contribution in [0.15, 0.2) is 0 Å². The van der Waals surface area contributed by atoms with Gasteiger partial charge in [0.25, 0.3) is 0 Å². The van der Waals surface area contributed by atoms with Gasteiger partial charge in [-0.1, -0.05) is 55.0 Å². The lowest BCUT2D eigenvalue weighted by Gasteiger charge is -2.09. The Morgan fingerprint density at radius 3 is 2.00 bits per heavy atom. The molecule has 0 spiro atoms. The Bertz CT molecular complexity index is 117. The zero-order valence-corrected chi connectivity index (χ0v) is 12.0. The minimum Gasteiger partial charge on any atom is -0.379 e. The molecule has 0 saturated heterocycles. The Kier molecular flexibility index (Phi) is 12.9. The Morgan fingerprint density at radius 1 is 0.933 bits per heavy atom. The third-order valence-electron chi connectivity index (χ3n) is 2.76. The first-order valence-electron chi connectivity index (χ1n) is 6.48. The fourth-order valence-electron chi connectivity index (χ4n) is 1.48. The maximum absolute atomic E-state index is 5.63. The average molecular weight is 279 g/mol. The fourth-order valence-corrected chi connectivity index (χ4v) is 1.88. The highest BCUT2D eigenvalue weighted by molar-refractivity contribution is 9.09. The number of halogens is 1. The quantitative estimate of drug-likeness (QED) is 0.385. The predicted molar refractivity (Wildman–Crippen MR) is 71.8 cm³/mol. The topological polar surface area (TPSA) is 9.23 Å². The number of hydrogen-bond acceptors (Lipinski definition) is 1. The van der Waals surface area contributed by atoms with Gasteiger partial charge in [0.2, 0.25) is 0 Å². The van der Waals surface area contributed by atoms with E-state index < -0.39 is 0 Å². The van der Waals surface area contributed by atoms with E-state index in [1.54, 1.807) is 0 Å². The van der Waals surface area contributed by atoms with Gasteiger partial charge in [0.15, 0.2) is 0 Å². The number of alkyl halides is 1. The van der Waals surface area contributed by atoms with Crippen LogP contribution >= 0.6 is 15.9 Å². The molecule has 0 rings (SSSR count). The van der Waals surface area contributed by atoms with E-state index in [-0.39, 0.29) is 0 Å². The van der Waals surface area contributed by atoms with Gasteiger partial charge in [0.1, 0.15) is 0 Å². The maximum atomic E-state index is 5.63. The molecule has 0 amide bonds. The summed E-state index contributed by atoms with van der Waals surface area (Å²) in [5.74, 6) is 0. The van der Waals surface area contributed by atoms with Crippen molar-refractivity contribution in [1.29, 1.82) is 0 Å². The number of rotatable bonds is 11. The van der Waals surface area contributed by atoms with Crippen LogP contribution in [0, 0.1) is 0 Å². The lowest BCUT2D eigenvalue weighted by atomic mass is 10.1. The molecule has 0 aromatic rings. The van der Waals surface area contributed by atoms with Gasteiger partial charge in [0, 0.05) is 11.9 Å². The molecule has 1 nitrogen and oxygen atoms in total. The zero-order chi connectivity index (χ0) is 11.4. The molecule has 0 aliphatic rings. The smallest absolute Gasteiger partial charge is 0.0544 e. The van der Waals surface area contributed by atoms with Crippen LogP contribution in [-0.4, -0.2) is 18.0 Å². The Morgan fingerprint density at radius 2 is 1.47 bits per heavy atom. The highest BCUT2D eigenvalue weighted by atomic mass is 79.9. The SMILES string of the molecule is CCC(C)OCCCCCCCCCBr. The van der Waals surface area contributed by atoms with Crippen molar-refractivity contribution < 1.29 is 4.74 Å². The number of ether oxygens (including phenoxy) is 1. The molecule has 1 atom stereocenters. The van der Waals surface area contributed by atoms with Crippen LogP contribution < -0.4 is 0 Å². The van der Waals surface area contributed by atoms with Crippen LogP contribution in [0.3, 0.4) is 0 Å². The molecule has 2 heteroatoms. The van der Waals surface area contributed by atoms with E-state index in [1.807, 2.05) is 0 Å². The molecule has 15 heavy (non-hydrogen) atoms. The first-order chi connectivity index (χ1) is 7.31. The summed E-state index contributed by atoms with van der Waals surface area (Å²) in [4.78, 5) is 0. The maximum Gasteiger partial charge on any atom is 0.0544 e. The van der Waals surface area contributed by atoms with Crippen molar-refractivity contribution >= 4 is 15.9 Å². The second kappa shape index (κ2) is 12.5. The second-order valence-corrected chi connectivity index (χ2v) is 5.05. The fraction of sp³-hybridized carbons (Fsp3) is 1.00. The minimum absolute atomic E-state index is 0.448. The molecule has 0 aliphatic heterocycles. The van der Waals surface area contributed by atoms with Gasteiger partial charge in [-0.3, -0.25) is 0 Å². The number of hydrogen-bond donors (Lipinski definition) is 0. The van der Waals surface area contributed by atoms with Crippen LogP contribution in [0.1, 0.15) is 65.2 Å². The van der Waals surface area contributed by atoms with Gasteiger partial charge < -0.3 is 4.74 Å². The van der Waals surface area contributed by atoms with Crippen molar-refractivity contribution in [2.24, 2.45) is 0 Å². The molecule has 0 aromatic heterocycles. The van der Waals surface area contributed by atoms with Crippen LogP contribution in [0.4, 0.5) is 0 Å². The van der Waals surface area contributed by atoms with E-state index >= 15 is 0 Å². The molecule has 0 aromatic carbocycles. The summed E-state index contributed by atoms with van der Waals surface area (Å²) < 4.78 is 5.63. The first kappa shape index (κ1) is 15.4. The van der Waals surface area contributed by atoms with Gasteiger partial charge in [-0.15, -0.1) is 0 Å². The predicted octanol–water partition coefficient (Wildman–Crippen LogP) is 4.93. The monoisotopic (exact) mass is 278 g/mol. The van der Waals surface area contributed by atoms with Gasteiger partial charge in [-0.25, -0.2) is 0 Å². The lowest BCUT2D eigenvalue weighted by molar-refractivity contribution is 0.0608. The Labute approximate surface area is 104 Å². The second-order valence-electron chi connectivity index (χ2n) is 4.25. The van der Waals surface area contributed by atoms with Crippen molar-refractivity contribution in [2.45, 2.75) is 71.3 Å². The van der Waals surface area contributed by atoms with E-state index in [1.165, 1.54) is 44.9 Å². The molecule has 0 heterocycles. The third kappa shape index (κ3) is 12.4. The minimum atomic E-state index is 0.448. The van der Waals surface area contributed by atoms with Crippen molar-refractivity contribution in [3.05, 3.63) is 0 Å². The van der Waals surface area contributed by atoms with E-state index in [4.69, 9.17) is 4.74 Å². The summed E-state index contributed by atoms with van der Waals surface area (Å²) in [6.45, 7) is 5.28. The highest BCUT2D eigenvalue weighted by Crippen LogP contribution is 2.08. The largest absolute Gasteiger partial charge is 0.379 e. The summed E-state index contributed by atoms with van der Waals surface area (Å²) in [5.41, 5.74) is 0. The normalized spacial score (nSPS) is 13.0. The molecular weight excluding hydrogens is 252 g/mol. The summed E-state index contributed by atoms with van der Waals surface area (Å²) in [6.07, 6.45) is 11.1. The average Bonchev–Trinajstić information content (AvgIpc) is 2.26. The molecule has 0 saturated carbocycles. The van der Waals surface area contributed by atoms with Crippen LogP contribution in [0.25, 0.3) is 0 Å². The van der Waals surface area contributed by atoms with Crippen molar-refractivity contribution in [2.75, 3.05) is 11.9 Å². The molecule has 0 fully saturated rings. The van der Waals surface area contributed by atoms with E-state index in [9.17, 15) is 0 Å². The molecular formula is C13H27BrO. The van der Waals surface area contributed by atoms with Crippen molar-refractivity contribution in [1.82, 2.24) is 0 Å². The molecule has 0 radical (unpaired) electrons. The van der Waals surface area contributed by atoms with Gasteiger partial charge >= 0.3 is 0 Å². The van der Waals surface area contributed by atoms with Gasteiger partial charge in [0.05, 0.1) is 6.10 Å². The van der Waals surface area contributed by atoms with Gasteiger partial charge in [-0.2, -0.15) is 0 Å². The summed E-state index contributed by atoms with van der Waals surface area (Å²) in [5, 5.41) is 1.16. The summed E-state index contributed by atoms with van der Waals surface area (Å²) in [7, 11) is 0. The third-order valence-corrected chi connectivity index (χ3v) is 3.32. The molecule has 1 unspecified atom stereocenters. The Balaban J connectivity index is 2.92. The first-order valence-corrected chi connectivity index (χ1v) is 7.61. The summed E-state index contributed by atoms with van der Waals surface area (Å²) in [6, 6.07) is 0. The molecule has 0 aliphatic carbocycles. The highest BCUT2D eigenvalue weighted by Gasteiger charge is 1.97. The molecule has 0 bridgehead atoms. The van der Waals surface area contributed by atoms with Crippen LogP contribution in [-0.2, 0) is 4.74 Å². The Hall–Kier alpha value is 0.440. The van der Waals surface area contributed by atoms with E-state index in [2.05, 4.69) is 29.8 Å². The van der Waals surface area contributed by atoms with Crippen molar-refractivity contribution in [3.63, 3.8) is 0 Å². The molecule has 92 valence electrons. The zero-order valence-electron chi connectivity index (χ0n) is 10.4. The standard InChI is InChI=1S/C13H27BrO/c1-3-13(2)15-12-10-8-6-4-5-7-9-11-14/h13H,3-12H2,1-2H3. The lowest BCUT2D eigenvalue weighted by Crippen LogP contribution is -2.07. The summed E-state index contributed by atoms with van der Waals surface area (Å²) >= 11 is 3.46. The number of unbranched alkanes of at least 4 members (excludes halogenated alkanes) is 6. The van der Waals surface area contributed by atoms with Gasteiger partial charge in [-0.05, 0) is 26.2 Å². The molecule has 0 N–H and O–H groups in total. The van der Waals surface area contributed by atoms with Crippen LogP contribution in [0.2, 0.25) is 0 Å². The van der Waals surface area contributed by atoms with E-state index in [0.717, 1.165) is 18.4 Å². The van der Waals surface area contributed by atoms with Crippen molar-refractivity contribution in [3.8, 4) is 0 Å². The van der Waals surface area contributed by atoms with Crippen LogP contribution in [0.5, 0.6) is 0 Å². The van der Waals surface area contributed by atoms with E-state index in [0.29, 0.717) is 6.10 Å².